The molecule has 2 aliphatic rings. The summed E-state index contributed by atoms with van der Waals surface area (Å²) in [6, 6.07) is 14.5. The van der Waals surface area contributed by atoms with E-state index in [-0.39, 0.29) is 12.1 Å². The standard InChI is InChI=1S/C20H19F2NO/c21-17-6-15(7-18(22)10-17)16-8-19-12-24-13-20(9-16)23(19)11-14-4-2-1-3-5-14/h1-8,10,19-20H,9,11-13H2. The second-order valence-electron chi connectivity index (χ2n) is 6.47. The lowest BCUT2D eigenvalue weighted by Gasteiger charge is -2.44. The molecule has 0 amide bonds. The van der Waals surface area contributed by atoms with Gasteiger partial charge >= 0.3 is 0 Å². The van der Waals surface area contributed by atoms with Gasteiger partial charge in [0.25, 0.3) is 0 Å². The largest absolute Gasteiger partial charge is 0.378 e. The number of fused-ring (bicyclic) bond motifs is 2. The van der Waals surface area contributed by atoms with Crippen LogP contribution < -0.4 is 0 Å². The second kappa shape index (κ2) is 6.46. The highest BCUT2D eigenvalue weighted by molar-refractivity contribution is 5.68. The number of morpholine rings is 1. The van der Waals surface area contributed by atoms with Crippen LogP contribution >= 0.6 is 0 Å². The summed E-state index contributed by atoms with van der Waals surface area (Å²) < 4.78 is 32.8. The number of rotatable bonds is 3. The van der Waals surface area contributed by atoms with Gasteiger partial charge < -0.3 is 4.74 Å². The lowest BCUT2D eigenvalue weighted by Crippen LogP contribution is -2.53. The van der Waals surface area contributed by atoms with Crippen molar-refractivity contribution in [2.45, 2.75) is 25.0 Å². The predicted molar refractivity (Wildman–Crippen MR) is 89.3 cm³/mol. The number of hydrogen-bond donors (Lipinski definition) is 0. The minimum Gasteiger partial charge on any atom is -0.378 e. The van der Waals surface area contributed by atoms with Gasteiger partial charge in [0.15, 0.2) is 0 Å². The third-order valence-corrected chi connectivity index (χ3v) is 4.78. The van der Waals surface area contributed by atoms with E-state index in [4.69, 9.17) is 4.74 Å². The van der Waals surface area contributed by atoms with Gasteiger partial charge in [-0.3, -0.25) is 4.90 Å². The van der Waals surface area contributed by atoms with Gasteiger partial charge in [-0.05, 0) is 35.3 Å². The van der Waals surface area contributed by atoms with Gasteiger partial charge in [0.1, 0.15) is 11.6 Å². The van der Waals surface area contributed by atoms with Crippen LogP contribution in [0.1, 0.15) is 17.5 Å². The van der Waals surface area contributed by atoms with Crippen LogP contribution in [-0.4, -0.2) is 30.2 Å². The minimum absolute atomic E-state index is 0.138. The summed E-state index contributed by atoms with van der Waals surface area (Å²) >= 11 is 0. The van der Waals surface area contributed by atoms with Gasteiger partial charge in [-0.2, -0.15) is 0 Å². The van der Waals surface area contributed by atoms with Crippen LogP contribution in [0.3, 0.4) is 0 Å². The van der Waals surface area contributed by atoms with Crippen molar-refractivity contribution in [2.24, 2.45) is 0 Å². The predicted octanol–water partition coefficient (Wildman–Crippen LogP) is 4.02. The molecule has 4 heteroatoms. The van der Waals surface area contributed by atoms with Crippen LogP contribution in [0.5, 0.6) is 0 Å². The molecule has 1 fully saturated rings. The summed E-state index contributed by atoms with van der Waals surface area (Å²) in [7, 11) is 0. The van der Waals surface area contributed by atoms with Gasteiger partial charge in [-0.25, -0.2) is 8.78 Å². The van der Waals surface area contributed by atoms with E-state index in [1.165, 1.54) is 17.7 Å². The van der Waals surface area contributed by atoms with Crippen molar-refractivity contribution in [2.75, 3.05) is 13.2 Å². The number of benzene rings is 2. The number of hydrogen-bond acceptors (Lipinski definition) is 2. The van der Waals surface area contributed by atoms with E-state index in [0.717, 1.165) is 24.6 Å². The van der Waals surface area contributed by atoms with Crippen LogP contribution in [0.4, 0.5) is 8.78 Å². The fourth-order valence-electron chi connectivity index (χ4n) is 3.66. The van der Waals surface area contributed by atoms with E-state index in [0.29, 0.717) is 18.8 Å². The molecule has 2 unspecified atom stereocenters. The molecule has 2 bridgehead atoms. The molecule has 2 nitrogen and oxygen atoms in total. The van der Waals surface area contributed by atoms with E-state index < -0.39 is 11.6 Å². The Bertz CT molecular complexity index is 739. The monoisotopic (exact) mass is 327 g/mol. The van der Waals surface area contributed by atoms with Crippen LogP contribution in [0.25, 0.3) is 5.57 Å². The Labute approximate surface area is 140 Å². The molecule has 2 atom stereocenters. The molecule has 2 aliphatic heterocycles. The molecule has 124 valence electrons. The van der Waals surface area contributed by atoms with Crippen molar-refractivity contribution in [3.8, 4) is 0 Å². The molecule has 2 heterocycles. The van der Waals surface area contributed by atoms with E-state index in [9.17, 15) is 8.78 Å². The molecule has 0 radical (unpaired) electrons. The van der Waals surface area contributed by atoms with Crippen molar-refractivity contribution in [1.29, 1.82) is 0 Å². The Hall–Kier alpha value is -2.04. The van der Waals surface area contributed by atoms with Crippen molar-refractivity contribution >= 4 is 5.57 Å². The summed E-state index contributed by atoms with van der Waals surface area (Å²) in [6.07, 6.45) is 2.85. The van der Waals surface area contributed by atoms with E-state index in [1.54, 1.807) is 0 Å². The summed E-state index contributed by atoms with van der Waals surface area (Å²) in [5.41, 5.74) is 2.92. The fraction of sp³-hybridized carbons (Fsp3) is 0.300. The third-order valence-electron chi connectivity index (χ3n) is 4.78. The Balaban J connectivity index is 1.62. The van der Waals surface area contributed by atoms with E-state index in [2.05, 4.69) is 23.1 Å². The lowest BCUT2D eigenvalue weighted by molar-refractivity contribution is -0.0402. The van der Waals surface area contributed by atoms with Crippen LogP contribution in [0.2, 0.25) is 0 Å². The first kappa shape index (κ1) is 15.5. The molecular weight excluding hydrogens is 308 g/mol. The average Bonchev–Trinajstić information content (AvgIpc) is 2.54. The number of ether oxygens (including phenoxy) is 1. The molecule has 4 rings (SSSR count). The van der Waals surface area contributed by atoms with Gasteiger partial charge in [0, 0.05) is 18.7 Å². The highest BCUT2D eigenvalue weighted by Crippen LogP contribution is 2.34. The van der Waals surface area contributed by atoms with Gasteiger partial charge in [-0.1, -0.05) is 36.4 Å². The highest BCUT2D eigenvalue weighted by Gasteiger charge is 2.34. The lowest BCUT2D eigenvalue weighted by atomic mass is 9.89. The summed E-state index contributed by atoms with van der Waals surface area (Å²) in [5.74, 6) is -1.06. The second-order valence-corrected chi connectivity index (χ2v) is 6.47. The molecule has 0 saturated carbocycles. The van der Waals surface area contributed by atoms with Crippen LogP contribution in [0.15, 0.2) is 54.6 Å². The maximum absolute atomic E-state index is 13.5. The highest BCUT2D eigenvalue weighted by atomic mass is 19.1. The van der Waals surface area contributed by atoms with Crippen molar-refractivity contribution in [3.05, 3.63) is 77.4 Å². The Morgan fingerprint density at radius 2 is 1.75 bits per heavy atom. The zero-order valence-corrected chi connectivity index (χ0v) is 13.3. The van der Waals surface area contributed by atoms with E-state index in [1.807, 2.05) is 18.2 Å². The molecule has 2 aromatic rings. The van der Waals surface area contributed by atoms with Crippen LogP contribution in [0, 0.1) is 11.6 Å². The van der Waals surface area contributed by atoms with E-state index >= 15 is 0 Å². The van der Waals surface area contributed by atoms with Gasteiger partial charge in [0.05, 0.1) is 19.3 Å². The smallest absolute Gasteiger partial charge is 0.126 e. The quantitative estimate of drug-likeness (QED) is 0.844. The normalized spacial score (nSPS) is 23.8. The maximum atomic E-state index is 13.5. The minimum atomic E-state index is -0.529. The Morgan fingerprint density at radius 3 is 2.46 bits per heavy atom. The molecule has 0 N–H and O–H groups in total. The van der Waals surface area contributed by atoms with Crippen molar-refractivity contribution < 1.29 is 13.5 Å². The molecule has 2 aromatic carbocycles. The number of nitrogens with zero attached hydrogens (tertiary/aromatic N) is 1. The maximum Gasteiger partial charge on any atom is 0.126 e. The fourth-order valence-corrected chi connectivity index (χ4v) is 3.66. The first-order valence-electron chi connectivity index (χ1n) is 8.23. The summed E-state index contributed by atoms with van der Waals surface area (Å²) in [6.45, 7) is 2.13. The van der Waals surface area contributed by atoms with Gasteiger partial charge in [0.2, 0.25) is 0 Å². The summed E-state index contributed by atoms with van der Waals surface area (Å²) in [4.78, 5) is 2.43. The third kappa shape index (κ3) is 3.12. The van der Waals surface area contributed by atoms with Crippen LogP contribution in [-0.2, 0) is 11.3 Å². The van der Waals surface area contributed by atoms with Crippen molar-refractivity contribution in [3.63, 3.8) is 0 Å². The summed E-state index contributed by atoms with van der Waals surface area (Å²) in [5, 5.41) is 0. The molecule has 0 aromatic heterocycles. The molecular formula is C20H19F2NO. The van der Waals surface area contributed by atoms with Crippen molar-refractivity contribution in [1.82, 2.24) is 4.90 Å². The molecule has 24 heavy (non-hydrogen) atoms. The molecule has 1 saturated heterocycles. The SMILES string of the molecule is Fc1cc(F)cc(C2=CC3COCC(C2)N3Cc2ccccc2)c1. The zero-order valence-electron chi connectivity index (χ0n) is 13.3. The Kier molecular flexibility index (Phi) is 4.17. The first-order valence-corrected chi connectivity index (χ1v) is 8.23. The number of halogens is 2. The topological polar surface area (TPSA) is 12.5 Å². The first-order chi connectivity index (χ1) is 11.7. The zero-order chi connectivity index (χ0) is 16.5. The Morgan fingerprint density at radius 1 is 1.00 bits per heavy atom. The molecule has 0 aliphatic carbocycles. The molecule has 0 spiro atoms. The average molecular weight is 327 g/mol. The van der Waals surface area contributed by atoms with Gasteiger partial charge in [-0.15, -0.1) is 0 Å².